The summed E-state index contributed by atoms with van der Waals surface area (Å²) in [5.41, 5.74) is 4.92. The second kappa shape index (κ2) is 9.87. The number of fused-ring (bicyclic) bond motifs is 2. The smallest absolute Gasteiger partial charge is 0.262 e. The van der Waals surface area contributed by atoms with E-state index in [1.807, 2.05) is 49.5 Å². The molecular formula is C28H24N6O3. The summed E-state index contributed by atoms with van der Waals surface area (Å²) < 4.78 is 12.4. The van der Waals surface area contributed by atoms with Gasteiger partial charge in [-0.15, -0.1) is 0 Å². The minimum absolute atomic E-state index is 0.0189. The molecule has 2 N–H and O–H groups in total. The molecule has 1 atom stereocenters. The largest absolute Gasteiger partial charge is 0.493 e. The average Bonchev–Trinajstić information content (AvgIpc) is 3.54. The number of hydrogen-bond acceptors (Lipinski definition) is 6. The highest BCUT2D eigenvalue weighted by atomic mass is 16.5. The lowest BCUT2D eigenvalue weighted by molar-refractivity contribution is -0.117. The maximum Gasteiger partial charge on any atom is 0.262 e. The van der Waals surface area contributed by atoms with E-state index in [0.717, 1.165) is 27.6 Å². The highest BCUT2D eigenvalue weighted by Gasteiger charge is 2.17. The van der Waals surface area contributed by atoms with E-state index in [1.165, 1.54) is 0 Å². The number of nitrogens with one attached hydrogen (secondary N) is 2. The molecular weight excluding hydrogens is 468 g/mol. The molecule has 0 fully saturated rings. The number of H-pyrrole nitrogens is 1. The Balaban J connectivity index is 1.43. The predicted octanol–water partition coefficient (Wildman–Crippen LogP) is 4.68. The van der Waals surface area contributed by atoms with Crippen molar-refractivity contribution in [3.8, 4) is 28.7 Å². The van der Waals surface area contributed by atoms with Crippen LogP contribution in [0.1, 0.15) is 24.1 Å². The molecule has 9 heteroatoms. The lowest BCUT2D eigenvalue weighted by Gasteiger charge is -2.16. The van der Waals surface area contributed by atoms with Crippen LogP contribution in [-0.2, 0) is 4.79 Å². The number of aromatic amines is 1. The van der Waals surface area contributed by atoms with Crippen LogP contribution in [0.15, 0.2) is 72.8 Å². The van der Waals surface area contributed by atoms with E-state index in [9.17, 15) is 10.1 Å². The van der Waals surface area contributed by atoms with E-state index in [-0.39, 0.29) is 11.6 Å². The SMILES string of the molecule is COc1ccc([C@@H](C)NC(=O)/C(C#N)=C/c2c[nH]c3ncc(-c4cnn5ccccc45)cc23)cc1OC. The van der Waals surface area contributed by atoms with Gasteiger partial charge in [0.2, 0.25) is 0 Å². The first-order valence-electron chi connectivity index (χ1n) is 11.6. The van der Waals surface area contributed by atoms with E-state index in [0.29, 0.717) is 22.7 Å². The van der Waals surface area contributed by atoms with Gasteiger partial charge >= 0.3 is 0 Å². The van der Waals surface area contributed by atoms with Crippen LogP contribution in [0.4, 0.5) is 0 Å². The first-order valence-corrected chi connectivity index (χ1v) is 11.6. The van der Waals surface area contributed by atoms with Crippen LogP contribution in [0.2, 0.25) is 0 Å². The number of amides is 1. The third-order valence-corrected chi connectivity index (χ3v) is 6.22. The average molecular weight is 493 g/mol. The van der Waals surface area contributed by atoms with Crippen LogP contribution < -0.4 is 14.8 Å². The van der Waals surface area contributed by atoms with Crippen LogP contribution in [0.25, 0.3) is 33.8 Å². The molecule has 0 aliphatic carbocycles. The van der Waals surface area contributed by atoms with Gasteiger partial charge in [-0.1, -0.05) is 12.1 Å². The summed E-state index contributed by atoms with van der Waals surface area (Å²) in [6, 6.07) is 14.9. The maximum atomic E-state index is 13.0. The maximum absolute atomic E-state index is 13.0. The molecule has 5 aromatic rings. The summed E-state index contributed by atoms with van der Waals surface area (Å²) in [7, 11) is 3.12. The van der Waals surface area contributed by atoms with Crippen molar-refractivity contribution in [1.82, 2.24) is 24.9 Å². The van der Waals surface area contributed by atoms with Crippen LogP contribution in [0.3, 0.4) is 0 Å². The second-order valence-corrected chi connectivity index (χ2v) is 8.43. The van der Waals surface area contributed by atoms with E-state index in [2.05, 4.69) is 20.4 Å². The zero-order valence-electron chi connectivity index (χ0n) is 20.5. The molecule has 1 aromatic carbocycles. The minimum atomic E-state index is -0.481. The Labute approximate surface area is 213 Å². The predicted molar refractivity (Wildman–Crippen MR) is 140 cm³/mol. The molecule has 0 spiro atoms. The Morgan fingerprint density at radius 2 is 2.00 bits per heavy atom. The normalized spacial score (nSPS) is 12.3. The quantitative estimate of drug-likeness (QED) is 0.252. The fourth-order valence-electron chi connectivity index (χ4n) is 4.23. The number of aromatic nitrogens is 4. The van der Waals surface area contributed by atoms with E-state index >= 15 is 0 Å². The molecule has 184 valence electrons. The Kier molecular flexibility index (Phi) is 6.31. The minimum Gasteiger partial charge on any atom is -0.493 e. The van der Waals surface area contributed by atoms with E-state index in [4.69, 9.17) is 9.47 Å². The van der Waals surface area contributed by atoms with Crippen molar-refractivity contribution in [3.63, 3.8) is 0 Å². The van der Waals surface area contributed by atoms with Crippen molar-refractivity contribution in [2.75, 3.05) is 14.2 Å². The molecule has 5 rings (SSSR count). The Hall–Kier alpha value is -5.10. The Bertz CT molecular complexity index is 1690. The van der Waals surface area contributed by atoms with Crippen molar-refractivity contribution in [2.24, 2.45) is 0 Å². The molecule has 0 saturated carbocycles. The zero-order chi connectivity index (χ0) is 25.9. The lowest BCUT2D eigenvalue weighted by Crippen LogP contribution is -2.27. The standard InChI is InChI=1S/C28H24N6O3/c1-17(18-7-8-25(36-2)26(12-18)37-3)33-28(35)19(13-29)10-20-14-30-27-22(20)11-21(15-31-27)23-16-32-34-9-5-4-6-24(23)34/h4-12,14-17H,1-3H3,(H,30,31)(H,33,35)/b19-10+/t17-/m1/s1. The highest BCUT2D eigenvalue weighted by molar-refractivity contribution is 6.04. The fraction of sp³-hybridized carbons (Fsp3) is 0.143. The van der Waals surface area contributed by atoms with Gasteiger partial charge in [0.25, 0.3) is 5.91 Å². The number of nitrogens with zero attached hydrogens (tertiary/aromatic N) is 4. The van der Waals surface area contributed by atoms with Gasteiger partial charge in [0.1, 0.15) is 17.3 Å². The number of carbonyl (C=O) groups is 1. The molecule has 0 aliphatic heterocycles. The van der Waals surface area contributed by atoms with Gasteiger partial charge in [-0.25, -0.2) is 9.50 Å². The van der Waals surface area contributed by atoms with Crippen LogP contribution in [-0.4, -0.2) is 39.7 Å². The van der Waals surface area contributed by atoms with Crippen molar-refractivity contribution in [2.45, 2.75) is 13.0 Å². The van der Waals surface area contributed by atoms with Gasteiger partial charge in [0.05, 0.1) is 32.0 Å². The van der Waals surface area contributed by atoms with Crippen molar-refractivity contribution >= 4 is 28.5 Å². The van der Waals surface area contributed by atoms with Gasteiger partial charge in [0, 0.05) is 40.7 Å². The monoisotopic (exact) mass is 492 g/mol. The third kappa shape index (κ3) is 4.48. The van der Waals surface area contributed by atoms with Gasteiger partial charge in [-0.2, -0.15) is 10.4 Å². The van der Waals surface area contributed by atoms with Crippen molar-refractivity contribution in [1.29, 1.82) is 5.26 Å². The summed E-state index contributed by atoms with van der Waals surface area (Å²) in [5.74, 6) is 0.676. The molecule has 0 unspecified atom stereocenters. The van der Waals surface area contributed by atoms with E-state index in [1.54, 1.807) is 55.5 Å². The van der Waals surface area contributed by atoms with Gasteiger partial charge in [-0.05, 0) is 48.9 Å². The molecule has 9 nitrogen and oxygen atoms in total. The van der Waals surface area contributed by atoms with Gasteiger partial charge in [-0.3, -0.25) is 4.79 Å². The van der Waals surface area contributed by atoms with Crippen LogP contribution >= 0.6 is 0 Å². The number of methoxy groups -OCH3 is 2. The molecule has 0 aliphatic rings. The zero-order valence-corrected chi connectivity index (χ0v) is 20.5. The fourth-order valence-corrected chi connectivity index (χ4v) is 4.23. The summed E-state index contributed by atoms with van der Waals surface area (Å²) in [6.45, 7) is 1.84. The van der Waals surface area contributed by atoms with Gasteiger partial charge < -0.3 is 19.8 Å². The molecule has 37 heavy (non-hydrogen) atoms. The first-order chi connectivity index (χ1) is 18.0. The lowest BCUT2D eigenvalue weighted by atomic mass is 10.0. The topological polar surface area (TPSA) is 117 Å². The number of rotatable bonds is 7. The van der Waals surface area contributed by atoms with Crippen molar-refractivity contribution < 1.29 is 14.3 Å². The molecule has 4 aromatic heterocycles. The third-order valence-electron chi connectivity index (χ3n) is 6.22. The number of ether oxygens (including phenoxy) is 2. The summed E-state index contributed by atoms with van der Waals surface area (Å²) in [4.78, 5) is 20.6. The first kappa shape index (κ1) is 23.6. The number of pyridine rings is 2. The highest BCUT2D eigenvalue weighted by Crippen LogP contribution is 2.31. The van der Waals surface area contributed by atoms with Crippen LogP contribution in [0, 0.1) is 11.3 Å². The molecule has 0 saturated heterocycles. The number of hydrogen-bond donors (Lipinski definition) is 2. The summed E-state index contributed by atoms with van der Waals surface area (Å²) >= 11 is 0. The molecule has 0 bridgehead atoms. The molecule has 4 heterocycles. The molecule has 0 radical (unpaired) electrons. The second-order valence-electron chi connectivity index (χ2n) is 8.43. The van der Waals surface area contributed by atoms with Gasteiger partial charge in [0.15, 0.2) is 11.5 Å². The van der Waals surface area contributed by atoms with Crippen LogP contribution in [0.5, 0.6) is 11.5 Å². The number of carbonyl (C=O) groups excluding carboxylic acids is 1. The Morgan fingerprint density at radius 1 is 1.16 bits per heavy atom. The summed E-state index contributed by atoms with van der Waals surface area (Å²) in [5, 5.41) is 17.9. The number of nitriles is 1. The van der Waals surface area contributed by atoms with Crippen molar-refractivity contribution in [3.05, 3.63) is 84.0 Å². The number of benzene rings is 1. The van der Waals surface area contributed by atoms with E-state index < -0.39 is 5.91 Å². The Morgan fingerprint density at radius 3 is 2.78 bits per heavy atom. The summed E-state index contributed by atoms with van der Waals surface area (Å²) in [6.07, 6.45) is 8.76. The molecule has 1 amide bonds.